The third-order valence-electron chi connectivity index (χ3n) is 5.37. The van der Waals surface area contributed by atoms with Crippen LogP contribution in [0.1, 0.15) is 41.1 Å². The van der Waals surface area contributed by atoms with Gasteiger partial charge in [0.2, 0.25) is 0 Å². The predicted octanol–water partition coefficient (Wildman–Crippen LogP) is 5.97. The number of rotatable bonds is 7. The van der Waals surface area contributed by atoms with Gasteiger partial charge in [0.1, 0.15) is 16.5 Å². The fraction of sp³-hybridized carbons (Fsp3) is 0.269. The maximum Gasteiger partial charge on any atom is 0.350 e. The van der Waals surface area contributed by atoms with Crippen LogP contribution < -0.4 is 15.4 Å². The van der Waals surface area contributed by atoms with Crippen molar-refractivity contribution in [2.45, 2.75) is 32.6 Å². The van der Waals surface area contributed by atoms with E-state index in [9.17, 15) is 9.59 Å². The van der Waals surface area contributed by atoms with Gasteiger partial charge in [-0.1, -0.05) is 45.0 Å². The molecule has 2 amide bonds. The first-order valence-electron chi connectivity index (χ1n) is 11.2. The SMILES string of the molecule is COC(=O)c1sc(C(C)(C)C)cc1NC(=O)Nc1ccc(OCCc2ncc[nH]2)c2ccccc12. The van der Waals surface area contributed by atoms with Gasteiger partial charge in [-0.3, -0.25) is 0 Å². The number of carbonyl (C=O) groups excluding carboxylic acids is 2. The first-order chi connectivity index (χ1) is 16.8. The van der Waals surface area contributed by atoms with E-state index in [0.717, 1.165) is 27.2 Å². The van der Waals surface area contributed by atoms with Gasteiger partial charge in [-0.25, -0.2) is 14.6 Å². The summed E-state index contributed by atoms with van der Waals surface area (Å²) in [4.78, 5) is 33.8. The van der Waals surface area contributed by atoms with Gasteiger partial charge >= 0.3 is 12.0 Å². The second kappa shape index (κ2) is 10.2. The van der Waals surface area contributed by atoms with Crippen LogP contribution in [0, 0.1) is 0 Å². The first-order valence-corrected chi connectivity index (χ1v) is 12.0. The van der Waals surface area contributed by atoms with Crippen LogP contribution in [-0.4, -0.2) is 35.7 Å². The van der Waals surface area contributed by atoms with Crippen molar-refractivity contribution in [3.63, 3.8) is 0 Å². The van der Waals surface area contributed by atoms with Crippen LogP contribution in [0.15, 0.2) is 54.9 Å². The average Bonchev–Trinajstić information content (AvgIpc) is 3.50. The van der Waals surface area contributed by atoms with E-state index >= 15 is 0 Å². The van der Waals surface area contributed by atoms with Crippen molar-refractivity contribution in [2.75, 3.05) is 24.4 Å². The molecule has 4 aromatic rings. The Bertz CT molecular complexity index is 1340. The van der Waals surface area contributed by atoms with Crippen LogP contribution in [0.2, 0.25) is 0 Å². The molecule has 2 aromatic carbocycles. The van der Waals surface area contributed by atoms with Crippen LogP contribution in [0.4, 0.5) is 16.2 Å². The third-order valence-corrected chi connectivity index (χ3v) is 6.91. The number of urea groups is 1. The topological polar surface area (TPSA) is 105 Å². The summed E-state index contributed by atoms with van der Waals surface area (Å²) in [6, 6.07) is 12.7. The van der Waals surface area contributed by atoms with Crippen molar-refractivity contribution in [3.05, 3.63) is 70.4 Å². The molecule has 0 aliphatic carbocycles. The highest BCUT2D eigenvalue weighted by atomic mass is 32.1. The molecular weight excluding hydrogens is 464 g/mol. The number of methoxy groups -OCH3 is 1. The summed E-state index contributed by atoms with van der Waals surface area (Å²) in [6.45, 7) is 6.62. The summed E-state index contributed by atoms with van der Waals surface area (Å²) >= 11 is 1.32. The van der Waals surface area contributed by atoms with Gasteiger partial charge in [0.25, 0.3) is 0 Å². The lowest BCUT2D eigenvalue weighted by atomic mass is 9.94. The number of nitrogens with zero attached hydrogens (tertiary/aromatic N) is 1. The summed E-state index contributed by atoms with van der Waals surface area (Å²) in [5, 5.41) is 7.44. The molecule has 0 fully saturated rings. The average molecular weight is 493 g/mol. The van der Waals surface area contributed by atoms with Gasteiger partial charge in [-0.05, 0) is 23.6 Å². The van der Waals surface area contributed by atoms with Gasteiger partial charge in [-0.2, -0.15) is 0 Å². The van der Waals surface area contributed by atoms with Gasteiger partial charge in [0.15, 0.2) is 0 Å². The standard InChI is InChI=1S/C26H28N4O4S/c1-26(2,3)21-15-19(23(35-21)24(31)33-4)30-25(32)29-18-9-10-20(17-8-6-5-7-16(17)18)34-14-11-22-27-12-13-28-22/h5-10,12-13,15H,11,14H2,1-4H3,(H,27,28)(H2,29,30,32). The number of ether oxygens (including phenoxy) is 2. The number of fused-ring (bicyclic) bond motifs is 1. The number of amides is 2. The number of carbonyl (C=O) groups is 2. The van der Waals surface area contributed by atoms with E-state index in [-0.39, 0.29) is 5.41 Å². The number of H-pyrrole nitrogens is 1. The van der Waals surface area contributed by atoms with E-state index < -0.39 is 12.0 Å². The number of aromatic nitrogens is 2. The molecule has 4 rings (SSSR count). The Labute approximate surface area is 207 Å². The second-order valence-electron chi connectivity index (χ2n) is 8.97. The van der Waals surface area contributed by atoms with E-state index in [4.69, 9.17) is 9.47 Å². The Morgan fingerprint density at radius 1 is 1.06 bits per heavy atom. The second-order valence-corrected chi connectivity index (χ2v) is 10.0. The van der Waals surface area contributed by atoms with E-state index in [1.165, 1.54) is 18.4 Å². The minimum absolute atomic E-state index is 0.174. The number of benzene rings is 2. The Hall–Kier alpha value is -3.85. The Morgan fingerprint density at radius 2 is 1.80 bits per heavy atom. The molecule has 0 aliphatic rings. The van der Waals surface area contributed by atoms with Crippen LogP contribution in [0.25, 0.3) is 10.8 Å². The Kier molecular flexibility index (Phi) is 7.07. The highest BCUT2D eigenvalue weighted by Crippen LogP contribution is 2.36. The molecule has 3 N–H and O–H groups in total. The molecular formula is C26H28N4O4S. The summed E-state index contributed by atoms with van der Waals surface area (Å²) in [6.07, 6.45) is 4.15. The summed E-state index contributed by atoms with van der Waals surface area (Å²) in [7, 11) is 1.33. The van der Waals surface area contributed by atoms with Crippen molar-refractivity contribution in [2.24, 2.45) is 0 Å². The molecule has 9 heteroatoms. The van der Waals surface area contributed by atoms with Gasteiger partial charge in [-0.15, -0.1) is 11.3 Å². The van der Waals surface area contributed by atoms with Crippen molar-refractivity contribution in [1.29, 1.82) is 0 Å². The quantitative estimate of drug-likeness (QED) is 0.276. The number of esters is 1. The minimum Gasteiger partial charge on any atom is -0.492 e. The number of anilines is 2. The van der Waals surface area contributed by atoms with E-state index in [2.05, 4.69) is 20.6 Å². The van der Waals surface area contributed by atoms with Gasteiger partial charge in [0, 0.05) is 34.5 Å². The highest BCUT2D eigenvalue weighted by Gasteiger charge is 2.24. The normalized spacial score (nSPS) is 11.3. The number of hydrogen-bond acceptors (Lipinski definition) is 6. The largest absolute Gasteiger partial charge is 0.492 e. The maximum absolute atomic E-state index is 12.9. The number of imidazole rings is 1. The molecule has 35 heavy (non-hydrogen) atoms. The molecule has 2 aromatic heterocycles. The third kappa shape index (κ3) is 5.63. The number of thiophene rings is 1. The van der Waals surface area contributed by atoms with E-state index in [1.54, 1.807) is 18.5 Å². The zero-order valence-corrected chi connectivity index (χ0v) is 20.9. The molecule has 0 aliphatic heterocycles. The van der Waals surface area contributed by atoms with Crippen molar-refractivity contribution in [1.82, 2.24) is 9.97 Å². The van der Waals surface area contributed by atoms with Crippen LogP contribution >= 0.6 is 11.3 Å². The molecule has 0 saturated heterocycles. The minimum atomic E-state index is -0.484. The summed E-state index contributed by atoms with van der Waals surface area (Å²) in [5.74, 6) is 1.10. The predicted molar refractivity (Wildman–Crippen MR) is 139 cm³/mol. The van der Waals surface area contributed by atoms with Crippen LogP contribution in [0.5, 0.6) is 5.75 Å². The molecule has 0 radical (unpaired) electrons. The Morgan fingerprint density at radius 3 is 2.49 bits per heavy atom. The van der Waals surface area contributed by atoms with Crippen LogP contribution in [-0.2, 0) is 16.6 Å². The molecule has 2 heterocycles. The number of nitrogens with one attached hydrogen (secondary N) is 3. The molecule has 0 bridgehead atoms. The number of aromatic amines is 1. The smallest absolute Gasteiger partial charge is 0.350 e. The zero-order valence-electron chi connectivity index (χ0n) is 20.1. The maximum atomic E-state index is 12.9. The lowest BCUT2D eigenvalue weighted by Crippen LogP contribution is -2.20. The van der Waals surface area contributed by atoms with E-state index in [1.807, 2.05) is 57.2 Å². The zero-order chi connectivity index (χ0) is 25.0. The fourth-order valence-electron chi connectivity index (χ4n) is 3.57. The summed E-state index contributed by atoms with van der Waals surface area (Å²) < 4.78 is 10.9. The highest BCUT2D eigenvalue weighted by molar-refractivity contribution is 7.14. The molecule has 0 saturated carbocycles. The molecule has 0 spiro atoms. The first kappa shape index (κ1) is 24.3. The van der Waals surface area contributed by atoms with Crippen LogP contribution in [0.3, 0.4) is 0 Å². The van der Waals surface area contributed by atoms with Gasteiger partial charge < -0.3 is 25.1 Å². The summed E-state index contributed by atoms with van der Waals surface area (Å²) in [5.41, 5.74) is 0.876. The van der Waals surface area contributed by atoms with Crippen molar-refractivity contribution >= 4 is 45.5 Å². The van der Waals surface area contributed by atoms with E-state index in [0.29, 0.717) is 29.3 Å². The molecule has 0 unspecified atom stereocenters. The fourth-order valence-corrected chi connectivity index (χ4v) is 4.66. The lowest BCUT2D eigenvalue weighted by molar-refractivity contribution is 0.0607. The lowest BCUT2D eigenvalue weighted by Gasteiger charge is -2.15. The number of hydrogen-bond donors (Lipinski definition) is 3. The molecule has 182 valence electrons. The molecule has 8 nitrogen and oxygen atoms in total. The molecule has 0 atom stereocenters. The Balaban J connectivity index is 1.52. The monoisotopic (exact) mass is 492 g/mol. The van der Waals surface area contributed by atoms with Crippen molar-refractivity contribution in [3.8, 4) is 5.75 Å². The van der Waals surface area contributed by atoms with Gasteiger partial charge in [0.05, 0.1) is 25.1 Å². The van der Waals surface area contributed by atoms with Crippen molar-refractivity contribution < 1.29 is 19.1 Å².